The lowest BCUT2D eigenvalue weighted by molar-refractivity contribution is 0.332. The molecule has 0 aromatic rings. The Balaban J connectivity index is 2.28. The van der Waals surface area contributed by atoms with Crippen LogP contribution in [-0.2, 0) is 0 Å². The molecule has 0 amide bonds. The van der Waals surface area contributed by atoms with E-state index < -0.39 is 0 Å². The molecule has 1 fully saturated rings. The van der Waals surface area contributed by atoms with Crippen molar-refractivity contribution in [1.82, 2.24) is 5.32 Å². The second-order valence-corrected chi connectivity index (χ2v) is 6.20. The molecule has 2 atom stereocenters. The number of rotatable bonds is 6. The zero-order valence-electron chi connectivity index (χ0n) is 10.6. The van der Waals surface area contributed by atoms with E-state index in [1.54, 1.807) is 0 Å². The lowest BCUT2D eigenvalue weighted by atomic mass is 9.94. The molecular weight excluding hydrogens is 202 g/mol. The molecule has 2 heteroatoms. The van der Waals surface area contributed by atoms with Crippen LogP contribution in [-0.4, -0.2) is 23.1 Å². The summed E-state index contributed by atoms with van der Waals surface area (Å²) in [6.07, 6.45) is 8.22. The highest BCUT2D eigenvalue weighted by Gasteiger charge is 2.22. The summed E-state index contributed by atoms with van der Waals surface area (Å²) >= 11 is 2.16. The molecule has 1 aliphatic carbocycles. The molecule has 0 saturated heterocycles. The Morgan fingerprint density at radius 3 is 2.53 bits per heavy atom. The zero-order valence-corrected chi connectivity index (χ0v) is 11.4. The van der Waals surface area contributed by atoms with E-state index in [4.69, 9.17) is 0 Å². The second kappa shape index (κ2) is 7.56. The minimum Gasteiger partial charge on any atom is -0.311 e. The van der Waals surface area contributed by atoms with Crippen LogP contribution in [0, 0.1) is 0 Å². The lowest BCUT2D eigenvalue weighted by Gasteiger charge is -2.32. The van der Waals surface area contributed by atoms with Crippen molar-refractivity contribution in [3.8, 4) is 0 Å². The van der Waals surface area contributed by atoms with Crippen LogP contribution in [0.5, 0.6) is 0 Å². The summed E-state index contributed by atoms with van der Waals surface area (Å²) < 4.78 is 0. The third-order valence-electron chi connectivity index (χ3n) is 3.49. The summed E-state index contributed by atoms with van der Waals surface area (Å²) in [5.41, 5.74) is 0. The first-order valence-corrected chi connectivity index (χ1v) is 7.72. The quantitative estimate of drug-likeness (QED) is 0.743. The average molecular weight is 229 g/mol. The third kappa shape index (κ3) is 4.78. The largest absolute Gasteiger partial charge is 0.311 e. The summed E-state index contributed by atoms with van der Waals surface area (Å²) in [7, 11) is 0. The standard InChI is InChI=1S/C13H27NS/c1-4-11(5-2)14-12-8-7-9-13(10-12)15-6-3/h11-14H,4-10H2,1-3H3. The van der Waals surface area contributed by atoms with E-state index in [2.05, 4.69) is 37.8 Å². The van der Waals surface area contributed by atoms with E-state index in [9.17, 15) is 0 Å². The van der Waals surface area contributed by atoms with Gasteiger partial charge in [-0.25, -0.2) is 0 Å². The van der Waals surface area contributed by atoms with Gasteiger partial charge in [0.1, 0.15) is 0 Å². The van der Waals surface area contributed by atoms with Gasteiger partial charge in [0.15, 0.2) is 0 Å². The molecule has 0 aromatic carbocycles. The zero-order chi connectivity index (χ0) is 11.1. The Hall–Kier alpha value is 0.310. The topological polar surface area (TPSA) is 12.0 Å². The van der Waals surface area contributed by atoms with Crippen LogP contribution in [0.1, 0.15) is 59.3 Å². The van der Waals surface area contributed by atoms with E-state index in [0.717, 1.165) is 17.3 Å². The predicted octanol–water partition coefficient (Wildman–Crippen LogP) is 3.83. The number of thioether (sulfide) groups is 1. The van der Waals surface area contributed by atoms with Gasteiger partial charge in [0.25, 0.3) is 0 Å². The summed E-state index contributed by atoms with van der Waals surface area (Å²) in [6.45, 7) is 6.87. The van der Waals surface area contributed by atoms with Crippen LogP contribution in [0.4, 0.5) is 0 Å². The Kier molecular flexibility index (Phi) is 6.74. The highest BCUT2D eigenvalue weighted by Crippen LogP contribution is 2.28. The molecule has 0 heterocycles. The molecule has 0 aliphatic heterocycles. The van der Waals surface area contributed by atoms with Gasteiger partial charge < -0.3 is 5.32 Å². The maximum atomic E-state index is 3.83. The van der Waals surface area contributed by atoms with Crippen molar-refractivity contribution in [2.75, 3.05) is 5.75 Å². The van der Waals surface area contributed by atoms with Crippen molar-refractivity contribution in [1.29, 1.82) is 0 Å². The fourth-order valence-electron chi connectivity index (χ4n) is 2.54. The van der Waals surface area contributed by atoms with Gasteiger partial charge in [-0.1, -0.05) is 27.2 Å². The first-order valence-electron chi connectivity index (χ1n) is 6.67. The molecule has 1 N–H and O–H groups in total. The van der Waals surface area contributed by atoms with Crippen molar-refractivity contribution in [2.45, 2.75) is 76.6 Å². The van der Waals surface area contributed by atoms with Crippen molar-refractivity contribution in [2.24, 2.45) is 0 Å². The molecule has 0 bridgehead atoms. The molecular formula is C13H27NS. The smallest absolute Gasteiger partial charge is 0.00801 e. The van der Waals surface area contributed by atoms with Crippen molar-refractivity contribution in [3.05, 3.63) is 0 Å². The SMILES string of the molecule is CCSC1CCCC(NC(CC)CC)C1. The van der Waals surface area contributed by atoms with Gasteiger partial charge in [0, 0.05) is 17.3 Å². The minimum absolute atomic E-state index is 0.750. The van der Waals surface area contributed by atoms with Crippen LogP contribution in [0.15, 0.2) is 0 Å². The Morgan fingerprint density at radius 2 is 1.93 bits per heavy atom. The number of nitrogens with one attached hydrogen (secondary N) is 1. The van der Waals surface area contributed by atoms with E-state index in [-0.39, 0.29) is 0 Å². The second-order valence-electron chi connectivity index (χ2n) is 4.62. The Labute approximate surface area is 99.8 Å². The molecule has 0 spiro atoms. The molecule has 0 aromatic heterocycles. The molecule has 0 radical (unpaired) electrons. The fourth-order valence-corrected chi connectivity index (χ4v) is 3.71. The van der Waals surface area contributed by atoms with Crippen molar-refractivity contribution >= 4 is 11.8 Å². The van der Waals surface area contributed by atoms with E-state index in [1.807, 2.05) is 0 Å². The molecule has 90 valence electrons. The lowest BCUT2D eigenvalue weighted by Crippen LogP contribution is -2.41. The maximum Gasteiger partial charge on any atom is 0.00801 e. The van der Waals surface area contributed by atoms with E-state index in [0.29, 0.717) is 0 Å². The Morgan fingerprint density at radius 1 is 1.20 bits per heavy atom. The highest BCUT2D eigenvalue weighted by molar-refractivity contribution is 7.99. The molecule has 1 saturated carbocycles. The first-order chi connectivity index (χ1) is 7.30. The van der Waals surface area contributed by atoms with Gasteiger partial charge in [-0.3, -0.25) is 0 Å². The van der Waals surface area contributed by atoms with Crippen molar-refractivity contribution < 1.29 is 0 Å². The van der Waals surface area contributed by atoms with Crippen molar-refractivity contribution in [3.63, 3.8) is 0 Å². The van der Waals surface area contributed by atoms with Gasteiger partial charge in [-0.2, -0.15) is 11.8 Å². The van der Waals surface area contributed by atoms with Gasteiger partial charge in [0.2, 0.25) is 0 Å². The van der Waals surface area contributed by atoms with Crippen LogP contribution < -0.4 is 5.32 Å². The molecule has 1 nitrogen and oxygen atoms in total. The molecule has 1 aliphatic rings. The molecule has 2 unspecified atom stereocenters. The first kappa shape index (κ1) is 13.4. The number of hydrogen-bond donors (Lipinski definition) is 1. The van der Waals surface area contributed by atoms with Gasteiger partial charge in [-0.05, 0) is 37.9 Å². The van der Waals surface area contributed by atoms with Crippen LogP contribution in [0.2, 0.25) is 0 Å². The van der Waals surface area contributed by atoms with Gasteiger partial charge in [0.05, 0.1) is 0 Å². The highest BCUT2D eigenvalue weighted by atomic mass is 32.2. The van der Waals surface area contributed by atoms with Crippen LogP contribution in [0.3, 0.4) is 0 Å². The Bertz CT molecular complexity index is 155. The molecule has 15 heavy (non-hydrogen) atoms. The summed E-state index contributed by atoms with van der Waals surface area (Å²) in [6, 6.07) is 1.55. The number of hydrogen-bond acceptors (Lipinski definition) is 2. The monoisotopic (exact) mass is 229 g/mol. The predicted molar refractivity (Wildman–Crippen MR) is 71.7 cm³/mol. The summed E-state index contributed by atoms with van der Waals surface area (Å²) in [4.78, 5) is 0. The van der Waals surface area contributed by atoms with Gasteiger partial charge >= 0.3 is 0 Å². The van der Waals surface area contributed by atoms with Crippen LogP contribution >= 0.6 is 11.8 Å². The summed E-state index contributed by atoms with van der Waals surface area (Å²) in [5.74, 6) is 1.28. The third-order valence-corrected chi connectivity index (χ3v) is 4.72. The maximum absolute atomic E-state index is 3.83. The van der Waals surface area contributed by atoms with E-state index in [1.165, 1.54) is 44.3 Å². The minimum atomic E-state index is 0.750. The molecule has 1 rings (SSSR count). The summed E-state index contributed by atoms with van der Waals surface area (Å²) in [5, 5.41) is 4.76. The van der Waals surface area contributed by atoms with E-state index >= 15 is 0 Å². The fraction of sp³-hybridized carbons (Fsp3) is 1.00. The average Bonchev–Trinajstić information content (AvgIpc) is 2.27. The van der Waals surface area contributed by atoms with Gasteiger partial charge in [-0.15, -0.1) is 0 Å². The normalized spacial score (nSPS) is 27.2. The van der Waals surface area contributed by atoms with Crippen LogP contribution in [0.25, 0.3) is 0 Å².